The summed E-state index contributed by atoms with van der Waals surface area (Å²) in [6.45, 7) is 3.84. The molecular weight excluding hydrogens is 269 g/mol. The van der Waals surface area contributed by atoms with Crippen LogP contribution in [0.15, 0.2) is 12.1 Å². The van der Waals surface area contributed by atoms with E-state index in [-0.39, 0.29) is 5.75 Å². The highest BCUT2D eigenvalue weighted by Gasteiger charge is 2.34. The summed E-state index contributed by atoms with van der Waals surface area (Å²) in [4.78, 5) is 0. The van der Waals surface area contributed by atoms with E-state index in [2.05, 4.69) is 12.2 Å². The Kier molecular flexibility index (Phi) is 4.41. The first-order valence-electron chi connectivity index (χ1n) is 6.44. The third kappa shape index (κ3) is 2.93. The minimum atomic E-state index is 0.132. The largest absolute Gasteiger partial charge is 0.506 e. The number of phenolic OH excluding ortho intramolecular Hbond substituents is 1. The molecule has 1 saturated carbocycles. The summed E-state index contributed by atoms with van der Waals surface area (Å²) in [5.41, 5.74) is 1.23. The second kappa shape index (κ2) is 5.68. The van der Waals surface area contributed by atoms with Crippen LogP contribution in [0.1, 0.15) is 38.2 Å². The molecule has 2 nitrogen and oxygen atoms in total. The van der Waals surface area contributed by atoms with E-state index in [0.717, 1.165) is 12.1 Å². The number of phenols is 1. The molecule has 1 fully saturated rings. The lowest BCUT2D eigenvalue weighted by atomic mass is 9.67. The van der Waals surface area contributed by atoms with Gasteiger partial charge in [0.05, 0.1) is 5.02 Å². The minimum absolute atomic E-state index is 0.132. The van der Waals surface area contributed by atoms with Crippen molar-refractivity contribution < 1.29 is 5.11 Å². The molecule has 0 saturated heterocycles. The molecule has 0 radical (unpaired) electrons. The number of rotatable bonds is 5. The van der Waals surface area contributed by atoms with Crippen molar-refractivity contribution in [3.63, 3.8) is 0 Å². The van der Waals surface area contributed by atoms with Crippen LogP contribution in [0.3, 0.4) is 0 Å². The molecule has 100 valence electrons. The molecule has 0 aromatic heterocycles. The lowest BCUT2D eigenvalue weighted by Gasteiger charge is -2.41. The van der Waals surface area contributed by atoms with E-state index in [1.54, 1.807) is 12.1 Å². The predicted molar refractivity (Wildman–Crippen MR) is 76.4 cm³/mol. The lowest BCUT2D eigenvalue weighted by molar-refractivity contribution is 0.123. The zero-order valence-electron chi connectivity index (χ0n) is 10.6. The molecule has 0 bridgehead atoms. The summed E-state index contributed by atoms with van der Waals surface area (Å²) in [6, 6.07) is 3.32. The van der Waals surface area contributed by atoms with Gasteiger partial charge >= 0.3 is 0 Å². The van der Waals surface area contributed by atoms with Crippen molar-refractivity contribution in [2.24, 2.45) is 5.41 Å². The van der Waals surface area contributed by atoms with Crippen molar-refractivity contribution in [1.29, 1.82) is 0 Å². The third-order valence-corrected chi connectivity index (χ3v) is 4.59. The highest BCUT2D eigenvalue weighted by molar-refractivity contribution is 6.35. The van der Waals surface area contributed by atoms with Crippen LogP contribution in [-0.4, -0.2) is 11.7 Å². The van der Waals surface area contributed by atoms with Crippen LogP contribution in [0.25, 0.3) is 0 Å². The minimum Gasteiger partial charge on any atom is -0.506 e. The van der Waals surface area contributed by atoms with Gasteiger partial charge in [0, 0.05) is 23.7 Å². The highest BCUT2D eigenvalue weighted by Crippen LogP contribution is 2.43. The van der Waals surface area contributed by atoms with E-state index < -0.39 is 0 Å². The van der Waals surface area contributed by atoms with E-state index in [0.29, 0.717) is 22.0 Å². The van der Waals surface area contributed by atoms with Crippen molar-refractivity contribution >= 4 is 23.2 Å². The molecule has 1 aliphatic carbocycles. The van der Waals surface area contributed by atoms with Crippen molar-refractivity contribution in [3.05, 3.63) is 27.7 Å². The van der Waals surface area contributed by atoms with Gasteiger partial charge in [-0.15, -0.1) is 0 Å². The van der Waals surface area contributed by atoms with Crippen LogP contribution in [0.5, 0.6) is 5.75 Å². The fourth-order valence-electron chi connectivity index (χ4n) is 2.55. The van der Waals surface area contributed by atoms with Gasteiger partial charge < -0.3 is 10.4 Å². The quantitative estimate of drug-likeness (QED) is 0.843. The van der Waals surface area contributed by atoms with E-state index in [1.165, 1.54) is 25.7 Å². The topological polar surface area (TPSA) is 32.3 Å². The molecule has 18 heavy (non-hydrogen) atoms. The summed E-state index contributed by atoms with van der Waals surface area (Å²) in [7, 11) is 0. The van der Waals surface area contributed by atoms with Gasteiger partial charge in [0.15, 0.2) is 0 Å². The van der Waals surface area contributed by atoms with Crippen molar-refractivity contribution in [2.45, 2.75) is 39.2 Å². The molecule has 2 N–H and O–H groups in total. The smallest absolute Gasteiger partial charge is 0.138 e. The number of halogens is 2. The number of aromatic hydroxyl groups is 1. The highest BCUT2D eigenvalue weighted by atomic mass is 35.5. The Balaban J connectivity index is 1.94. The first-order valence-corrected chi connectivity index (χ1v) is 7.19. The van der Waals surface area contributed by atoms with Crippen LogP contribution in [0, 0.1) is 5.41 Å². The van der Waals surface area contributed by atoms with Crippen LogP contribution in [-0.2, 0) is 6.54 Å². The average molecular weight is 288 g/mol. The normalized spacial score (nSPS) is 17.5. The molecule has 1 aliphatic rings. The van der Waals surface area contributed by atoms with Crippen LogP contribution in [0.4, 0.5) is 0 Å². The molecule has 0 aliphatic heterocycles. The zero-order chi connectivity index (χ0) is 13.2. The predicted octanol–water partition coefficient (Wildman–Crippen LogP) is 4.37. The fraction of sp³-hybridized carbons (Fsp3) is 0.571. The Morgan fingerprint density at radius 2 is 2.06 bits per heavy atom. The standard InChI is InChI=1S/C14H19Cl2NO/c1-2-14(4-3-5-14)9-17-8-10-6-11(15)7-12(16)13(10)18/h6-7,17-18H,2-5,8-9H2,1H3. The molecular formula is C14H19Cl2NO. The Hall–Kier alpha value is -0.440. The second-order valence-electron chi connectivity index (χ2n) is 5.21. The molecule has 2 rings (SSSR count). The number of benzene rings is 1. The van der Waals surface area contributed by atoms with E-state index in [4.69, 9.17) is 23.2 Å². The fourth-order valence-corrected chi connectivity index (χ4v) is 3.08. The Morgan fingerprint density at radius 3 is 2.61 bits per heavy atom. The Bertz CT molecular complexity index is 425. The van der Waals surface area contributed by atoms with E-state index in [1.807, 2.05) is 0 Å². The van der Waals surface area contributed by atoms with Gasteiger partial charge in [-0.1, -0.05) is 36.5 Å². The van der Waals surface area contributed by atoms with Gasteiger partial charge in [-0.3, -0.25) is 0 Å². The van der Waals surface area contributed by atoms with Gasteiger partial charge in [-0.25, -0.2) is 0 Å². The maximum atomic E-state index is 9.85. The summed E-state index contributed by atoms with van der Waals surface area (Å²) in [5, 5.41) is 14.1. The molecule has 1 aromatic rings. The maximum Gasteiger partial charge on any atom is 0.138 e. The van der Waals surface area contributed by atoms with E-state index in [9.17, 15) is 5.11 Å². The average Bonchev–Trinajstić information content (AvgIpc) is 2.28. The Labute approximate surface area is 118 Å². The Morgan fingerprint density at radius 1 is 1.33 bits per heavy atom. The molecule has 0 unspecified atom stereocenters. The molecule has 0 amide bonds. The molecule has 1 aromatic carbocycles. The number of nitrogens with one attached hydrogen (secondary N) is 1. The summed E-state index contributed by atoms with van der Waals surface area (Å²) >= 11 is 11.8. The molecule has 0 spiro atoms. The van der Waals surface area contributed by atoms with E-state index >= 15 is 0 Å². The van der Waals surface area contributed by atoms with Gasteiger partial charge in [0.25, 0.3) is 0 Å². The number of hydrogen-bond donors (Lipinski definition) is 2. The summed E-state index contributed by atoms with van der Waals surface area (Å²) in [5.74, 6) is 0.132. The van der Waals surface area contributed by atoms with Crippen LogP contribution >= 0.6 is 23.2 Å². The molecule has 0 atom stereocenters. The first-order chi connectivity index (χ1) is 8.56. The number of hydrogen-bond acceptors (Lipinski definition) is 2. The monoisotopic (exact) mass is 287 g/mol. The van der Waals surface area contributed by atoms with Crippen molar-refractivity contribution in [1.82, 2.24) is 5.32 Å². The van der Waals surface area contributed by atoms with Gasteiger partial charge in [0.2, 0.25) is 0 Å². The third-order valence-electron chi connectivity index (χ3n) is 4.09. The van der Waals surface area contributed by atoms with Crippen LogP contribution in [0.2, 0.25) is 10.0 Å². The van der Waals surface area contributed by atoms with Crippen molar-refractivity contribution in [2.75, 3.05) is 6.54 Å². The van der Waals surface area contributed by atoms with Crippen LogP contribution < -0.4 is 5.32 Å². The van der Waals surface area contributed by atoms with Gasteiger partial charge in [-0.2, -0.15) is 0 Å². The molecule has 4 heteroatoms. The zero-order valence-corrected chi connectivity index (χ0v) is 12.1. The molecule has 0 heterocycles. The summed E-state index contributed by atoms with van der Waals surface area (Å²) in [6.07, 6.45) is 5.16. The van der Waals surface area contributed by atoms with Gasteiger partial charge in [-0.05, 0) is 36.8 Å². The first kappa shape index (κ1) is 14.0. The maximum absolute atomic E-state index is 9.85. The summed E-state index contributed by atoms with van der Waals surface area (Å²) < 4.78 is 0. The second-order valence-corrected chi connectivity index (χ2v) is 6.05. The SMILES string of the molecule is CCC1(CNCc2cc(Cl)cc(Cl)c2O)CCC1. The van der Waals surface area contributed by atoms with Gasteiger partial charge in [0.1, 0.15) is 5.75 Å². The van der Waals surface area contributed by atoms with Crippen molar-refractivity contribution in [3.8, 4) is 5.75 Å². The lowest BCUT2D eigenvalue weighted by Crippen LogP contribution is -2.39.